The number of anilines is 2. The molecule has 198 valence electrons. The number of likely N-dealkylation sites (tertiary alicyclic amines) is 1. The molecule has 0 unspecified atom stereocenters. The highest BCUT2D eigenvalue weighted by Crippen LogP contribution is 2.32. The third-order valence-corrected chi connectivity index (χ3v) is 7.35. The molecule has 0 saturated carbocycles. The van der Waals surface area contributed by atoms with E-state index in [-0.39, 0.29) is 17.2 Å². The second kappa shape index (κ2) is 10.6. The molecule has 0 radical (unpaired) electrons. The first-order chi connectivity index (χ1) is 19.1. The average Bonchev–Trinajstić information content (AvgIpc) is 3.68. The van der Waals surface area contributed by atoms with Crippen molar-refractivity contribution in [3.8, 4) is 22.9 Å². The average molecular weight is 523 g/mol. The maximum absolute atomic E-state index is 13.7. The lowest BCUT2D eigenvalue weighted by molar-refractivity contribution is 0.0793. The molecule has 1 aromatic heterocycles. The molecule has 39 heavy (non-hydrogen) atoms. The van der Waals surface area contributed by atoms with Crippen molar-refractivity contribution >= 4 is 17.3 Å². The Labute approximate surface area is 226 Å². The second-order valence-electron chi connectivity index (χ2n) is 9.89. The Morgan fingerprint density at radius 1 is 0.872 bits per heavy atom. The van der Waals surface area contributed by atoms with Gasteiger partial charge in [-0.05, 0) is 104 Å². The quantitative estimate of drug-likeness (QED) is 0.345. The van der Waals surface area contributed by atoms with E-state index in [1.807, 2.05) is 17.0 Å². The van der Waals surface area contributed by atoms with Crippen LogP contribution in [0.15, 0.2) is 77.7 Å². The number of carbonyl (C=O) groups excluding carboxylic acids is 1. The summed E-state index contributed by atoms with van der Waals surface area (Å²) in [6.45, 7) is 1.59. The zero-order valence-electron chi connectivity index (χ0n) is 21.9. The van der Waals surface area contributed by atoms with Crippen LogP contribution in [0.1, 0.15) is 40.7 Å². The zero-order valence-corrected chi connectivity index (χ0v) is 21.9. The van der Waals surface area contributed by atoms with Crippen molar-refractivity contribution in [1.82, 2.24) is 14.7 Å². The van der Waals surface area contributed by atoms with Crippen LogP contribution in [0.5, 0.6) is 17.2 Å². The molecule has 1 aliphatic carbocycles. The molecule has 0 bridgehead atoms. The Morgan fingerprint density at radius 3 is 2.33 bits per heavy atom. The number of amides is 1. The van der Waals surface area contributed by atoms with Gasteiger partial charge < -0.3 is 19.7 Å². The lowest BCUT2D eigenvalue weighted by atomic mass is 10.1. The summed E-state index contributed by atoms with van der Waals surface area (Å²) in [5.74, 6) is 1.70. The summed E-state index contributed by atoms with van der Waals surface area (Å²) in [5, 5.41) is 7.64. The molecule has 2 aliphatic rings. The number of fused-ring (bicyclic) bond motifs is 1. The van der Waals surface area contributed by atoms with Crippen molar-refractivity contribution in [2.75, 3.05) is 25.5 Å². The minimum absolute atomic E-state index is 0.0328. The summed E-state index contributed by atoms with van der Waals surface area (Å²) < 4.78 is 12.8. The topological polar surface area (TPSA) is 85.7 Å². The predicted molar refractivity (Wildman–Crippen MR) is 150 cm³/mol. The molecule has 1 fully saturated rings. The fourth-order valence-corrected chi connectivity index (χ4v) is 5.22. The molecule has 1 amide bonds. The SMILES string of the molecule is COc1ccc(-n2ncc(Oc3ccc4c(c3)CCC4)c(Nc3ccc(C(=O)N4CCCC4)cc3)c2=O)cc1. The molecular formula is C31H30N4O4. The number of aromatic nitrogens is 2. The molecule has 0 atom stereocenters. The molecule has 8 nitrogen and oxygen atoms in total. The first-order valence-corrected chi connectivity index (χ1v) is 13.3. The maximum atomic E-state index is 13.7. The van der Waals surface area contributed by atoms with Gasteiger partial charge in [0.25, 0.3) is 11.5 Å². The molecule has 6 rings (SSSR count). The van der Waals surface area contributed by atoms with Crippen LogP contribution in [0.4, 0.5) is 11.4 Å². The summed E-state index contributed by atoms with van der Waals surface area (Å²) in [4.78, 5) is 28.4. The van der Waals surface area contributed by atoms with Crippen LogP contribution in [0.3, 0.4) is 0 Å². The zero-order chi connectivity index (χ0) is 26.8. The summed E-state index contributed by atoms with van der Waals surface area (Å²) in [6.07, 6.45) is 6.88. The molecule has 3 aromatic carbocycles. The fourth-order valence-electron chi connectivity index (χ4n) is 5.22. The predicted octanol–water partition coefficient (Wildman–Crippen LogP) is 5.50. The van der Waals surface area contributed by atoms with Crippen LogP contribution >= 0.6 is 0 Å². The second-order valence-corrected chi connectivity index (χ2v) is 9.89. The lowest BCUT2D eigenvalue weighted by Crippen LogP contribution is -2.27. The van der Waals surface area contributed by atoms with Gasteiger partial charge in [0.1, 0.15) is 11.5 Å². The van der Waals surface area contributed by atoms with Crippen LogP contribution in [0, 0.1) is 0 Å². The van der Waals surface area contributed by atoms with E-state index in [4.69, 9.17) is 9.47 Å². The van der Waals surface area contributed by atoms with Crippen LogP contribution in [-0.2, 0) is 12.8 Å². The van der Waals surface area contributed by atoms with Gasteiger partial charge in [-0.15, -0.1) is 0 Å². The third-order valence-electron chi connectivity index (χ3n) is 7.35. The molecule has 4 aromatic rings. The maximum Gasteiger partial charge on any atom is 0.299 e. The van der Waals surface area contributed by atoms with E-state index in [1.165, 1.54) is 15.8 Å². The van der Waals surface area contributed by atoms with E-state index >= 15 is 0 Å². The Kier molecular flexibility index (Phi) is 6.75. The van der Waals surface area contributed by atoms with Crippen LogP contribution < -0.4 is 20.3 Å². The van der Waals surface area contributed by atoms with Gasteiger partial charge in [-0.3, -0.25) is 9.59 Å². The highest BCUT2D eigenvalue weighted by molar-refractivity contribution is 5.94. The van der Waals surface area contributed by atoms with Gasteiger partial charge in [0.15, 0.2) is 11.4 Å². The van der Waals surface area contributed by atoms with E-state index in [0.717, 1.165) is 45.2 Å². The number of methoxy groups -OCH3 is 1. The van der Waals surface area contributed by atoms with E-state index in [1.54, 1.807) is 61.8 Å². The van der Waals surface area contributed by atoms with Crippen LogP contribution in [0.25, 0.3) is 5.69 Å². The highest BCUT2D eigenvalue weighted by atomic mass is 16.5. The lowest BCUT2D eigenvalue weighted by Gasteiger charge is -2.17. The van der Waals surface area contributed by atoms with Gasteiger partial charge in [-0.2, -0.15) is 9.78 Å². The number of aryl methyl sites for hydroxylation is 2. The molecule has 1 N–H and O–H groups in total. The van der Waals surface area contributed by atoms with Crippen molar-refractivity contribution in [3.05, 3.63) is 100.0 Å². The number of benzene rings is 3. The van der Waals surface area contributed by atoms with Crippen molar-refractivity contribution in [2.24, 2.45) is 0 Å². The first kappa shape index (κ1) is 24.7. The van der Waals surface area contributed by atoms with Crippen molar-refractivity contribution in [3.63, 3.8) is 0 Å². The molecule has 2 heterocycles. The highest BCUT2D eigenvalue weighted by Gasteiger charge is 2.20. The number of nitrogens with zero attached hydrogens (tertiary/aromatic N) is 3. The number of nitrogens with one attached hydrogen (secondary N) is 1. The minimum atomic E-state index is -0.365. The van der Waals surface area contributed by atoms with Gasteiger partial charge in [0, 0.05) is 24.3 Å². The van der Waals surface area contributed by atoms with E-state index in [9.17, 15) is 9.59 Å². The number of hydrogen-bond donors (Lipinski definition) is 1. The van der Waals surface area contributed by atoms with Gasteiger partial charge in [0.2, 0.25) is 0 Å². The normalized spacial score (nSPS) is 14.2. The van der Waals surface area contributed by atoms with Crippen molar-refractivity contribution < 1.29 is 14.3 Å². The molecule has 1 saturated heterocycles. The van der Waals surface area contributed by atoms with Crippen LogP contribution in [0.2, 0.25) is 0 Å². The summed E-state index contributed by atoms with van der Waals surface area (Å²) in [6, 6.07) is 20.4. The molecule has 1 aliphatic heterocycles. The fraction of sp³-hybridized carbons (Fsp3) is 0.258. The van der Waals surface area contributed by atoms with E-state index in [0.29, 0.717) is 34.2 Å². The first-order valence-electron chi connectivity index (χ1n) is 13.3. The van der Waals surface area contributed by atoms with Gasteiger partial charge in [-0.25, -0.2) is 0 Å². The van der Waals surface area contributed by atoms with Gasteiger partial charge >= 0.3 is 0 Å². The molecule has 0 spiro atoms. The Morgan fingerprint density at radius 2 is 1.59 bits per heavy atom. The summed E-state index contributed by atoms with van der Waals surface area (Å²) in [5.41, 5.74) is 4.39. The number of ether oxygens (including phenoxy) is 2. The minimum Gasteiger partial charge on any atom is -0.497 e. The monoisotopic (exact) mass is 522 g/mol. The molecular weight excluding hydrogens is 492 g/mol. The van der Waals surface area contributed by atoms with Crippen molar-refractivity contribution in [1.29, 1.82) is 0 Å². The smallest absolute Gasteiger partial charge is 0.299 e. The summed E-state index contributed by atoms with van der Waals surface area (Å²) >= 11 is 0. The number of carbonyl (C=O) groups is 1. The van der Waals surface area contributed by atoms with E-state index < -0.39 is 0 Å². The molecule has 8 heteroatoms. The van der Waals surface area contributed by atoms with Gasteiger partial charge in [0.05, 0.1) is 19.0 Å². The van der Waals surface area contributed by atoms with E-state index in [2.05, 4.69) is 16.5 Å². The largest absolute Gasteiger partial charge is 0.497 e. The third kappa shape index (κ3) is 5.10. The van der Waals surface area contributed by atoms with Gasteiger partial charge in [-0.1, -0.05) is 6.07 Å². The number of rotatable bonds is 7. The standard InChI is InChI=1S/C31H30N4O4/c1-38-26-15-12-25(13-16-26)35-31(37)29(28(20-32-35)39-27-14-9-21-5-4-6-23(21)19-27)33-24-10-7-22(8-11-24)30(36)34-17-2-3-18-34/h7-16,19-20,33H,2-6,17-18H2,1H3. The Bertz CT molecular complexity index is 1560. The summed E-state index contributed by atoms with van der Waals surface area (Å²) in [7, 11) is 1.59. The number of hydrogen-bond acceptors (Lipinski definition) is 6. The Hall–Kier alpha value is -4.59. The van der Waals surface area contributed by atoms with Crippen molar-refractivity contribution in [2.45, 2.75) is 32.1 Å². The Balaban J connectivity index is 1.34. The van der Waals surface area contributed by atoms with Crippen LogP contribution in [-0.4, -0.2) is 40.8 Å².